The summed E-state index contributed by atoms with van der Waals surface area (Å²) in [5, 5.41) is 5.15. The fourth-order valence-corrected chi connectivity index (χ4v) is 4.45. The highest BCUT2D eigenvalue weighted by Gasteiger charge is 2.15. The van der Waals surface area contributed by atoms with Gasteiger partial charge in [-0.15, -0.1) is 11.3 Å². The van der Waals surface area contributed by atoms with Crippen LogP contribution in [0.15, 0.2) is 72.1 Å². The van der Waals surface area contributed by atoms with Crippen molar-refractivity contribution in [3.05, 3.63) is 83.4 Å². The largest absolute Gasteiger partial charge is 0.298 e. The summed E-state index contributed by atoms with van der Waals surface area (Å²) >= 11 is 1.32. The van der Waals surface area contributed by atoms with Gasteiger partial charge < -0.3 is 0 Å². The molecule has 0 radical (unpaired) electrons. The lowest BCUT2D eigenvalue weighted by Gasteiger charge is -2.16. The molecule has 168 valence electrons. The third-order valence-corrected chi connectivity index (χ3v) is 7.11. The summed E-state index contributed by atoms with van der Waals surface area (Å²) in [6.07, 6.45) is 1.16. The summed E-state index contributed by atoms with van der Waals surface area (Å²) in [4.78, 5) is 21.9. The smallest absolute Gasteiger partial charge is 0.259 e. The molecule has 2 heterocycles. The highest BCUT2D eigenvalue weighted by Crippen LogP contribution is 2.28. The van der Waals surface area contributed by atoms with Gasteiger partial charge in [0.2, 0.25) is 10.0 Å². The summed E-state index contributed by atoms with van der Waals surface area (Å²) < 4.78 is 24.6. The molecule has 0 atom stereocenters. The van der Waals surface area contributed by atoms with Gasteiger partial charge in [-0.05, 0) is 31.2 Å². The van der Waals surface area contributed by atoms with Crippen molar-refractivity contribution in [3.8, 4) is 22.5 Å². The van der Waals surface area contributed by atoms with Gasteiger partial charge in [0.25, 0.3) is 5.91 Å². The van der Waals surface area contributed by atoms with Gasteiger partial charge >= 0.3 is 0 Å². The van der Waals surface area contributed by atoms with E-state index in [0.717, 1.165) is 23.1 Å². The average Bonchev–Trinajstić information content (AvgIpc) is 3.27. The number of amides is 1. The van der Waals surface area contributed by atoms with Crippen molar-refractivity contribution < 1.29 is 13.2 Å². The number of benzene rings is 2. The first-order chi connectivity index (χ1) is 15.7. The molecule has 4 aromatic rings. The molecule has 1 N–H and O–H groups in total. The van der Waals surface area contributed by atoms with Gasteiger partial charge in [0.05, 0.1) is 34.6 Å². The second kappa shape index (κ2) is 9.13. The van der Waals surface area contributed by atoms with E-state index in [1.54, 1.807) is 30.3 Å². The summed E-state index contributed by atoms with van der Waals surface area (Å²) in [6, 6.07) is 20.4. The molecule has 2 aromatic heterocycles. The van der Waals surface area contributed by atoms with Crippen LogP contribution in [0.25, 0.3) is 22.5 Å². The lowest BCUT2D eigenvalue weighted by molar-refractivity contribution is 0.102. The van der Waals surface area contributed by atoms with Crippen LogP contribution in [-0.2, 0) is 10.0 Å². The van der Waals surface area contributed by atoms with Crippen molar-refractivity contribution in [1.29, 1.82) is 0 Å². The van der Waals surface area contributed by atoms with Crippen molar-refractivity contribution in [3.63, 3.8) is 0 Å². The molecule has 7 nitrogen and oxygen atoms in total. The summed E-state index contributed by atoms with van der Waals surface area (Å²) in [5.41, 5.74) is 5.00. The maximum absolute atomic E-state index is 12.8. The zero-order valence-electron chi connectivity index (χ0n) is 18.3. The van der Waals surface area contributed by atoms with E-state index in [4.69, 9.17) is 0 Å². The predicted octanol–water partition coefficient (Wildman–Crippen LogP) is 4.83. The first-order valence-electron chi connectivity index (χ1n) is 10.1. The van der Waals surface area contributed by atoms with Gasteiger partial charge in [-0.2, -0.15) is 0 Å². The van der Waals surface area contributed by atoms with Crippen LogP contribution >= 0.6 is 11.3 Å². The molecule has 1 amide bonds. The molecule has 0 saturated carbocycles. The Hall–Kier alpha value is -3.56. The minimum absolute atomic E-state index is 0.273. The fraction of sp³-hybridized carbons (Fsp3) is 0.125. The van der Waals surface area contributed by atoms with E-state index >= 15 is 0 Å². The van der Waals surface area contributed by atoms with Crippen LogP contribution in [0.4, 0.5) is 10.8 Å². The van der Waals surface area contributed by atoms with E-state index in [1.165, 1.54) is 22.7 Å². The number of hydrogen-bond donors (Lipinski definition) is 1. The first kappa shape index (κ1) is 22.6. The Balaban J connectivity index is 1.48. The van der Waals surface area contributed by atoms with Gasteiger partial charge in [-0.3, -0.25) is 19.4 Å². The van der Waals surface area contributed by atoms with E-state index < -0.39 is 10.0 Å². The van der Waals surface area contributed by atoms with Crippen molar-refractivity contribution >= 4 is 38.1 Å². The maximum Gasteiger partial charge on any atom is 0.259 e. The highest BCUT2D eigenvalue weighted by molar-refractivity contribution is 7.92. The molecule has 4 rings (SSSR count). The third kappa shape index (κ3) is 5.10. The van der Waals surface area contributed by atoms with E-state index in [0.29, 0.717) is 27.8 Å². The number of carbonyl (C=O) groups is 1. The minimum atomic E-state index is -3.32. The Morgan fingerprint density at radius 2 is 1.58 bits per heavy atom. The lowest BCUT2D eigenvalue weighted by Crippen LogP contribution is -2.24. The van der Waals surface area contributed by atoms with Crippen LogP contribution in [0.3, 0.4) is 0 Å². The number of hydrogen-bond acceptors (Lipinski definition) is 6. The molecule has 9 heteroatoms. The molecular weight excluding hydrogens is 456 g/mol. The highest BCUT2D eigenvalue weighted by atomic mass is 32.2. The molecule has 0 fully saturated rings. The Labute approximate surface area is 196 Å². The number of carbonyl (C=O) groups excluding carboxylic acids is 1. The van der Waals surface area contributed by atoms with Crippen molar-refractivity contribution in [2.45, 2.75) is 6.92 Å². The summed E-state index contributed by atoms with van der Waals surface area (Å²) in [6.45, 7) is 1.81. The molecule has 0 aliphatic heterocycles. The first-order valence-corrected chi connectivity index (χ1v) is 12.8. The number of nitrogens with zero attached hydrogens (tertiary/aromatic N) is 3. The summed E-state index contributed by atoms with van der Waals surface area (Å²) in [5.74, 6) is -0.273. The molecule has 0 saturated heterocycles. The molecule has 33 heavy (non-hydrogen) atoms. The van der Waals surface area contributed by atoms with Gasteiger partial charge in [0, 0.05) is 23.6 Å². The van der Waals surface area contributed by atoms with Gasteiger partial charge in [0.1, 0.15) is 0 Å². The van der Waals surface area contributed by atoms with Gasteiger partial charge in [-0.1, -0.05) is 42.5 Å². The molecule has 0 aliphatic carbocycles. The summed E-state index contributed by atoms with van der Waals surface area (Å²) in [7, 11) is -1.82. The lowest BCUT2D eigenvalue weighted by atomic mass is 10.1. The minimum Gasteiger partial charge on any atom is -0.298 e. The topological polar surface area (TPSA) is 92.3 Å². The van der Waals surface area contributed by atoms with E-state index in [2.05, 4.69) is 15.3 Å². The molecule has 0 spiro atoms. The monoisotopic (exact) mass is 478 g/mol. The number of nitrogens with one attached hydrogen (secondary N) is 1. The Morgan fingerprint density at radius 1 is 0.909 bits per heavy atom. The molecular formula is C24H22N4O3S2. The maximum atomic E-state index is 12.8. The quantitative estimate of drug-likeness (QED) is 0.429. The zero-order chi connectivity index (χ0) is 23.6. The standard InChI is InChI=1S/C24H22N4O3S2/c1-16-20(13-14-21(25-16)17-7-5-4-6-8-17)23(29)27-24-26-22(15-32-24)18-9-11-19(12-10-18)28(2)33(3,30)31/h4-15H,1-3H3,(H,26,27,29). The number of aromatic nitrogens is 2. The number of thiazole rings is 1. The zero-order valence-corrected chi connectivity index (χ0v) is 19.9. The number of sulfonamides is 1. The SMILES string of the molecule is Cc1nc(-c2ccccc2)ccc1C(=O)Nc1nc(-c2ccc(N(C)S(C)(=O)=O)cc2)cs1. The molecule has 2 aromatic carbocycles. The number of pyridine rings is 1. The molecule has 0 unspecified atom stereocenters. The third-order valence-electron chi connectivity index (χ3n) is 5.15. The van der Waals surface area contributed by atoms with E-state index in [-0.39, 0.29) is 5.91 Å². The second-order valence-electron chi connectivity index (χ2n) is 7.46. The number of rotatable bonds is 6. The van der Waals surface area contributed by atoms with Crippen LogP contribution in [-0.4, -0.2) is 37.6 Å². The van der Waals surface area contributed by atoms with Crippen molar-refractivity contribution in [2.75, 3.05) is 22.9 Å². The normalized spacial score (nSPS) is 11.2. The second-order valence-corrected chi connectivity index (χ2v) is 10.3. The van der Waals surface area contributed by atoms with Gasteiger partial charge in [0.15, 0.2) is 5.13 Å². The van der Waals surface area contributed by atoms with Crippen LogP contribution in [0.2, 0.25) is 0 Å². The van der Waals surface area contributed by atoms with Crippen LogP contribution < -0.4 is 9.62 Å². The Morgan fingerprint density at radius 3 is 2.21 bits per heavy atom. The Kier molecular flexibility index (Phi) is 6.26. The van der Waals surface area contributed by atoms with Crippen LogP contribution in [0.1, 0.15) is 16.1 Å². The van der Waals surface area contributed by atoms with E-state index in [9.17, 15) is 13.2 Å². The molecule has 0 aliphatic rings. The van der Waals surface area contributed by atoms with Crippen LogP contribution in [0, 0.1) is 6.92 Å². The number of aryl methyl sites for hydroxylation is 1. The fourth-order valence-electron chi connectivity index (χ4n) is 3.23. The Bertz CT molecular complexity index is 1400. The van der Waals surface area contributed by atoms with E-state index in [1.807, 2.05) is 48.7 Å². The number of anilines is 2. The average molecular weight is 479 g/mol. The van der Waals surface area contributed by atoms with Crippen LogP contribution in [0.5, 0.6) is 0 Å². The van der Waals surface area contributed by atoms with Crippen molar-refractivity contribution in [1.82, 2.24) is 9.97 Å². The van der Waals surface area contributed by atoms with Crippen molar-refractivity contribution in [2.24, 2.45) is 0 Å². The molecule has 0 bridgehead atoms. The van der Waals surface area contributed by atoms with Gasteiger partial charge in [-0.25, -0.2) is 13.4 Å². The predicted molar refractivity (Wildman–Crippen MR) is 133 cm³/mol.